The van der Waals surface area contributed by atoms with Crippen molar-refractivity contribution in [1.29, 1.82) is 0 Å². The van der Waals surface area contributed by atoms with Gasteiger partial charge < -0.3 is 4.42 Å². The van der Waals surface area contributed by atoms with E-state index in [1.807, 2.05) is 12.1 Å². The number of hydrogen-bond acceptors (Lipinski definition) is 2. The van der Waals surface area contributed by atoms with E-state index < -0.39 is 0 Å². The smallest absolute Gasteiger partial charge is 0.343 e. The van der Waals surface area contributed by atoms with Crippen molar-refractivity contribution in [1.82, 2.24) is 0 Å². The Morgan fingerprint density at radius 2 is 2.15 bits per heavy atom. The lowest BCUT2D eigenvalue weighted by Crippen LogP contribution is -1.98. The van der Waals surface area contributed by atoms with Gasteiger partial charge in [0.2, 0.25) is 0 Å². The Hall–Kier alpha value is -1.51. The van der Waals surface area contributed by atoms with E-state index in [2.05, 4.69) is 0 Å². The largest absolute Gasteiger partial charge is 0.431 e. The number of benzene rings is 1. The van der Waals surface area contributed by atoms with Crippen molar-refractivity contribution in [3.8, 4) is 0 Å². The van der Waals surface area contributed by atoms with Crippen LogP contribution in [-0.4, -0.2) is 7.85 Å². The zero-order chi connectivity index (χ0) is 9.26. The van der Waals surface area contributed by atoms with Gasteiger partial charge in [-0.25, -0.2) is 4.79 Å². The summed E-state index contributed by atoms with van der Waals surface area (Å²) in [7, 11) is 5.48. The maximum absolute atomic E-state index is 11.2. The monoisotopic (exact) mass is 170 g/mol. The Balaban J connectivity index is 2.80. The zero-order valence-electron chi connectivity index (χ0n) is 6.99. The number of fused-ring (bicyclic) bond motifs is 1. The Kier molecular flexibility index (Phi) is 1.93. The molecule has 0 aliphatic heterocycles. The summed E-state index contributed by atoms with van der Waals surface area (Å²) in [4.78, 5) is 11.2. The molecule has 0 saturated carbocycles. The standard InChI is InChI=1S/C10H7BO2/c11-6-7-1-2-9-8(5-7)3-4-13-10(9)12/h1-5H,6H2. The van der Waals surface area contributed by atoms with Gasteiger partial charge in [-0.2, -0.15) is 0 Å². The predicted octanol–water partition coefficient (Wildman–Crippen LogP) is 1.46. The first-order valence-electron chi connectivity index (χ1n) is 4.02. The van der Waals surface area contributed by atoms with E-state index in [4.69, 9.17) is 12.3 Å². The molecule has 0 atom stereocenters. The molecule has 0 aliphatic carbocycles. The van der Waals surface area contributed by atoms with Crippen LogP contribution in [0, 0.1) is 0 Å². The normalized spacial score (nSPS) is 10.5. The molecule has 0 saturated heterocycles. The Morgan fingerprint density at radius 1 is 1.31 bits per heavy atom. The molecular weight excluding hydrogens is 163 g/mol. The van der Waals surface area contributed by atoms with Gasteiger partial charge >= 0.3 is 5.63 Å². The average molecular weight is 170 g/mol. The molecule has 13 heavy (non-hydrogen) atoms. The van der Waals surface area contributed by atoms with Gasteiger partial charge in [0.15, 0.2) is 0 Å². The van der Waals surface area contributed by atoms with Crippen molar-refractivity contribution in [3.05, 3.63) is 46.5 Å². The number of rotatable bonds is 1. The highest BCUT2D eigenvalue weighted by atomic mass is 16.4. The minimum absolute atomic E-state index is 0.305. The first kappa shape index (κ1) is 8.11. The van der Waals surface area contributed by atoms with Crippen LogP contribution in [-0.2, 0) is 6.32 Å². The Labute approximate surface area is 76.6 Å². The van der Waals surface area contributed by atoms with Crippen molar-refractivity contribution in [2.75, 3.05) is 0 Å². The fraction of sp³-hybridized carbons (Fsp3) is 0.100. The second-order valence-electron chi connectivity index (χ2n) is 2.83. The van der Waals surface area contributed by atoms with Crippen LogP contribution in [0.5, 0.6) is 0 Å². The molecule has 0 unspecified atom stereocenters. The minimum Gasteiger partial charge on any atom is -0.431 e. The van der Waals surface area contributed by atoms with Crippen molar-refractivity contribution < 1.29 is 4.42 Å². The fourth-order valence-electron chi connectivity index (χ4n) is 1.30. The summed E-state index contributed by atoms with van der Waals surface area (Å²) in [6.45, 7) is 0. The second kappa shape index (κ2) is 3.09. The molecule has 0 aliphatic rings. The zero-order valence-corrected chi connectivity index (χ0v) is 6.99. The average Bonchev–Trinajstić information content (AvgIpc) is 2.18. The van der Waals surface area contributed by atoms with Crippen LogP contribution in [0.1, 0.15) is 5.56 Å². The van der Waals surface area contributed by atoms with Gasteiger partial charge in [-0.15, -0.1) is 0 Å². The van der Waals surface area contributed by atoms with Gasteiger partial charge in [-0.1, -0.05) is 24.0 Å². The minimum atomic E-state index is -0.305. The van der Waals surface area contributed by atoms with Crippen LogP contribution >= 0.6 is 0 Å². The maximum Gasteiger partial charge on any atom is 0.343 e. The molecule has 1 aromatic carbocycles. The van der Waals surface area contributed by atoms with Crippen LogP contribution in [0.2, 0.25) is 0 Å². The second-order valence-corrected chi connectivity index (χ2v) is 2.83. The summed E-state index contributed by atoms with van der Waals surface area (Å²) >= 11 is 0. The fourth-order valence-corrected chi connectivity index (χ4v) is 1.30. The van der Waals surface area contributed by atoms with E-state index in [1.165, 1.54) is 6.26 Å². The van der Waals surface area contributed by atoms with E-state index in [0.717, 1.165) is 10.9 Å². The SMILES string of the molecule is [B]Cc1ccc2c(=O)occc2c1. The molecule has 0 spiro atoms. The summed E-state index contributed by atoms with van der Waals surface area (Å²) < 4.78 is 4.73. The van der Waals surface area contributed by atoms with Crippen molar-refractivity contribution in [2.45, 2.75) is 6.32 Å². The molecule has 0 N–H and O–H groups in total. The molecule has 1 heterocycles. The molecule has 3 heteroatoms. The van der Waals surface area contributed by atoms with E-state index in [-0.39, 0.29) is 5.63 Å². The molecule has 0 amide bonds. The third-order valence-corrected chi connectivity index (χ3v) is 1.99. The summed E-state index contributed by atoms with van der Waals surface area (Å²) in [6.07, 6.45) is 1.88. The molecule has 2 radical (unpaired) electrons. The van der Waals surface area contributed by atoms with Crippen molar-refractivity contribution in [2.24, 2.45) is 0 Å². The van der Waals surface area contributed by atoms with Gasteiger partial charge in [-0.05, 0) is 17.5 Å². The maximum atomic E-state index is 11.2. The molecule has 2 aromatic rings. The number of hydrogen-bond donors (Lipinski definition) is 0. The van der Waals surface area contributed by atoms with Crippen LogP contribution in [0.15, 0.2) is 39.7 Å². The van der Waals surface area contributed by atoms with E-state index in [9.17, 15) is 4.79 Å². The Morgan fingerprint density at radius 3 is 2.92 bits per heavy atom. The highest BCUT2D eigenvalue weighted by Crippen LogP contribution is 2.11. The van der Waals surface area contributed by atoms with Crippen molar-refractivity contribution in [3.63, 3.8) is 0 Å². The lowest BCUT2D eigenvalue weighted by atomic mass is 9.95. The first-order valence-corrected chi connectivity index (χ1v) is 4.02. The molecule has 1 aromatic heterocycles. The third-order valence-electron chi connectivity index (χ3n) is 1.99. The van der Waals surface area contributed by atoms with Crippen molar-refractivity contribution >= 4 is 18.6 Å². The first-order chi connectivity index (χ1) is 6.31. The van der Waals surface area contributed by atoms with Gasteiger partial charge in [0.25, 0.3) is 0 Å². The Bertz CT molecular complexity index is 487. The highest BCUT2D eigenvalue weighted by Gasteiger charge is 1.98. The van der Waals surface area contributed by atoms with Gasteiger partial charge in [-0.3, -0.25) is 0 Å². The molecular formula is C10H7BO2. The third kappa shape index (κ3) is 1.37. The highest BCUT2D eigenvalue weighted by molar-refractivity contribution is 6.08. The molecule has 2 nitrogen and oxygen atoms in total. The van der Waals surface area contributed by atoms with E-state index in [0.29, 0.717) is 11.7 Å². The molecule has 0 fully saturated rings. The van der Waals surface area contributed by atoms with Crippen LogP contribution in [0.4, 0.5) is 0 Å². The van der Waals surface area contributed by atoms with Crippen LogP contribution in [0.3, 0.4) is 0 Å². The lowest BCUT2D eigenvalue weighted by molar-refractivity contribution is 0.519. The van der Waals surface area contributed by atoms with Crippen LogP contribution in [0.25, 0.3) is 10.8 Å². The van der Waals surface area contributed by atoms with E-state index in [1.54, 1.807) is 12.1 Å². The summed E-state index contributed by atoms with van der Waals surface area (Å²) in [5, 5.41) is 1.47. The summed E-state index contributed by atoms with van der Waals surface area (Å²) in [6, 6.07) is 7.23. The summed E-state index contributed by atoms with van der Waals surface area (Å²) in [5.41, 5.74) is 0.708. The molecule has 2 rings (SSSR count). The predicted molar refractivity (Wildman–Crippen MR) is 51.9 cm³/mol. The molecule has 62 valence electrons. The molecule has 0 bridgehead atoms. The van der Waals surface area contributed by atoms with Gasteiger partial charge in [0, 0.05) is 0 Å². The van der Waals surface area contributed by atoms with Gasteiger partial charge in [0.1, 0.15) is 0 Å². The topological polar surface area (TPSA) is 30.2 Å². The van der Waals surface area contributed by atoms with E-state index >= 15 is 0 Å². The van der Waals surface area contributed by atoms with Gasteiger partial charge in [0.05, 0.1) is 19.5 Å². The summed E-state index contributed by atoms with van der Waals surface area (Å²) in [5.74, 6) is 0. The van der Waals surface area contributed by atoms with Crippen LogP contribution < -0.4 is 5.63 Å². The lowest BCUT2D eigenvalue weighted by Gasteiger charge is -1.98. The quantitative estimate of drug-likeness (QED) is 0.606.